The average molecular weight is 374 g/mol. The second-order valence-corrected chi connectivity index (χ2v) is 9.57. The summed E-state index contributed by atoms with van der Waals surface area (Å²) >= 11 is 0. The molecule has 0 aromatic rings. The van der Waals surface area contributed by atoms with Crippen molar-refractivity contribution in [3.05, 3.63) is 12.2 Å². The molecule has 0 saturated heterocycles. The summed E-state index contributed by atoms with van der Waals surface area (Å²) in [4.78, 5) is 38.8. The number of carbonyl (C=O) groups excluding carboxylic acids is 3. The largest absolute Gasteiger partial charge is 0.469 e. The molecule has 5 heteroatoms. The first-order chi connectivity index (χ1) is 12.8. The Balaban J connectivity index is 1.96. The van der Waals surface area contributed by atoms with E-state index in [9.17, 15) is 14.4 Å². The number of aldehydes is 1. The van der Waals surface area contributed by atoms with Crippen molar-refractivity contribution in [2.75, 3.05) is 14.2 Å². The molecule has 4 aliphatic carbocycles. The van der Waals surface area contributed by atoms with Gasteiger partial charge in [0.1, 0.15) is 6.29 Å². The van der Waals surface area contributed by atoms with Crippen LogP contribution >= 0.6 is 0 Å². The zero-order valence-electron chi connectivity index (χ0n) is 16.6. The molecule has 4 saturated carbocycles. The van der Waals surface area contributed by atoms with Crippen LogP contribution in [0.3, 0.4) is 0 Å². The highest BCUT2D eigenvalue weighted by molar-refractivity contribution is 5.84. The highest BCUT2D eigenvalue weighted by Crippen LogP contribution is 2.77. The molecule has 4 unspecified atom stereocenters. The minimum Gasteiger partial charge on any atom is -0.469 e. The van der Waals surface area contributed by atoms with E-state index in [0.29, 0.717) is 12.3 Å². The quantitative estimate of drug-likeness (QED) is 0.431. The summed E-state index contributed by atoms with van der Waals surface area (Å²) in [5.74, 6) is -0.884. The highest BCUT2D eigenvalue weighted by atomic mass is 16.5. The highest BCUT2D eigenvalue weighted by Gasteiger charge is 2.76. The van der Waals surface area contributed by atoms with Gasteiger partial charge in [-0.1, -0.05) is 18.6 Å². The molecule has 1 spiro atoms. The summed E-state index contributed by atoms with van der Waals surface area (Å²) in [7, 11) is 2.81. The van der Waals surface area contributed by atoms with Gasteiger partial charge >= 0.3 is 11.9 Å². The predicted molar refractivity (Wildman–Crippen MR) is 98.5 cm³/mol. The van der Waals surface area contributed by atoms with Gasteiger partial charge in [0.05, 0.1) is 25.6 Å². The number of hydrogen-bond donors (Lipinski definition) is 0. The maximum absolute atomic E-state index is 13.2. The van der Waals surface area contributed by atoms with E-state index in [1.54, 1.807) is 0 Å². The molecule has 0 aromatic heterocycles. The first kappa shape index (κ1) is 18.7. The van der Waals surface area contributed by atoms with E-state index in [4.69, 9.17) is 9.47 Å². The number of carbonyl (C=O) groups is 3. The van der Waals surface area contributed by atoms with E-state index < -0.39 is 16.7 Å². The van der Waals surface area contributed by atoms with E-state index in [1.165, 1.54) is 19.8 Å². The minimum atomic E-state index is -0.849. The van der Waals surface area contributed by atoms with Crippen molar-refractivity contribution in [3.63, 3.8) is 0 Å². The van der Waals surface area contributed by atoms with Crippen LogP contribution in [0.5, 0.6) is 0 Å². The molecular weight excluding hydrogens is 344 g/mol. The van der Waals surface area contributed by atoms with Gasteiger partial charge in [0.2, 0.25) is 0 Å². The fourth-order valence-corrected chi connectivity index (χ4v) is 7.97. The smallest absolute Gasteiger partial charge is 0.311 e. The lowest BCUT2D eigenvalue weighted by molar-refractivity contribution is -0.171. The number of fused-ring (bicyclic) bond motifs is 3. The van der Waals surface area contributed by atoms with Crippen molar-refractivity contribution >= 4 is 18.2 Å². The molecule has 2 bridgehead atoms. The Morgan fingerprint density at radius 3 is 2.56 bits per heavy atom. The van der Waals surface area contributed by atoms with Crippen LogP contribution in [0.15, 0.2) is 12.2 Å². The van der Waals surface area contributed by atoms with E-state index in [1.807, 2.05) is 6.92 Å². The van der Waals surface area contributed by atoms with Gasteiger partial charge in [-0.3, -0.25) is 9.59 Å². The predicted octanol–water partition coefficient (Wildman–Crippen LogP) is 3.32. The zero-order valence-corrected chi connectivity index (χ0v) is 16.6. The number of ether oxygens (including phenoxy) is 2. The third kappa shape index (κ3) is 2.09. The van der Waals surface area contributed by atoms with E-state index in [2.05, 4.69) is 6.58 Å². The molecule has 0 heterocycles. The third-order valence-corrected chi connectivity index (χ3v) is 8.76. The molecule has 148 valence electrons. The van der Waals surface area contributed by atoms with Crippen molar-refractivity contribution in [1.29, 1.82) is 0 Å². The Morgan fingerprint density at radius 1 is 1.19 bits per heavy atom. The molecule has 4 fully saturated rings. The van der Waals surface area contributed by atoms with Gasteiger partial charge in [0, 0.05) is 11.3 Å². The van der Waals surface area contributed by atoms with Gasteiger partial charge < -0.3 is 14.3 Å². The van der Waals surface area contributed by atoms with Crippen LogP contribution in [0, 0.1) is 39.9 Å². The van der Waals surface area contributed by atoms with Gasteiger partial charge in [0.25, 0.3) is 0 Å². The van der Waals surface area contributed by atoms with Gasteiger partial charge in [0.15, 0.2) is 0 Å². The number of methoxy groups -OCH3 is 2. The molecule has 27 heavy (non-hydrogen) atoms. The zero-order chi connectivity index (χ0) is 19.6. The lowest BCUT2D eigenvalue weighted by Gasteiger charge is -2.49. The van der Waals surface area contributed by atoms with Crippen LogP contribution in [-0.4, -0.2) is 32.4 Å². The molecule has 0 amide bonds. The fraction of sp³-hybridized carbons (Fsp3) is 0.773. The third-order valence-electron chi connectivity index (χ3n) is 8.76. The van der Waals surface area contributed by atoms with Crippen molar-refractivity contribution in [2.24, 2.45) is 39.9 Å². The molecule has 0 N–H and O–H groups in total. The number of hydrogen-bond acceptors (Lipinski definition) is 5. The first-order valence-corrected chi connectivity index (χ1v) is 10.1. The maximum atomic E-state index is 13.2. The van der Waals surface area contributed by atoms with Gasteiger partial charge in [-0.05, 0) is 62.7 Å². The molecule has 0 aromatic carbocycles. The van der Waals surface area contributed by atoms with Gasteiger partial charge in [-0.25, -0.2) is 0 Å². The molecule has 0 aliphatic heterocycles. The molecule has 7 atom stereocenters. The monoisotopic (exact) mass is 374 g/mol. The van der Waals surface area contributed by atoms with E-state index in [-0.39, 0.29) is 29.2 Å². The first-order valence-electron chi connectivity index (χ1n) is 10.1. The van der Waals surface area contributed by atoms with Crippen LogP contribution in [0.2, 0.25) is 0 Å². The van der Waals surface area contributed by atoms with Crippen LogP contribution in [0.4, 0.5) is 0 Å². The fourth-order valence-electron chi connectivity index (χ4n) is 7.97. The average Bonchev–Trinajstić information content (AvgIpc) is 3.08. The Kier molecular flexibility index (Phi) is 4.10. The van der Waals surface area contributed by atoms with E-state index in [0.717, 1.165) is 44.8 Å². The van der Waals surface area contributed by atoms with Crippen LogP contribution in [0.1, 0.15) is 51.9 Å². The summed E-state index contributed by atoms with van der Waals surface area (Å²) in [6.07, 6.45) is 6.87. The molecule has 5 nitrogen and oxygen atoms in total. The van der Waals surface area contributed by atoms with Crippen LogP contribution in [-0.2, 0) is 23.9 Å². The minimum absolute atomic E-state index is 0.108. The summed E-state index contributed by atoms with van der Waals surface area (Å²) < 4.78 is 10.5. The summed E-state index contributed by atoms with van der Waals surface area (Å²) in [6.45, 7) is 6.19. The summed E-state index contributed by atoms with van der Waals surface area (Å²) in [6, 6.07) is 0. The SMILES string of the molecule is C=C1C[C@]23C[C@H]1CCC2[C@]1(C=O)CCCC(C)(C(=O)OC)C1C3C(=O)OC. The molecule has 4 aliphatic rings. The van der Waals surface area contributed by atoms with Crippen molar-refractivity contribution in [1.82, 2.24) is 0 Å². The number of allylic oxidation sites excluding steroid dienone is 1. The maximum Gasteiger partial charge on any atom is 0.311 e. The Morgan fingerprint density at radius 2 is 1.93 bits per heavy atom. The Bertz CT molecular complexity index is 713. The second-order valence-electron chi connectivity index (χ2n) is 9.57. The molecule has 4 rings (SSSR count). The second kappa shape index (κ2) is 5.92. The number of rotatable bonds is 3. The van der Waals surface area contributed by atoms with Crippen molar-refractivity contribution in [3.8, 4) is 0 Å². The normalized spacial score (nSPS) is 47.7. The Hall–Kier alpha value is -1.65. The lowest BCUT2D eigenvalue weighted by atomic mass is 9.53. The van der Waals surface area contributed by atoms with Crippen molar-refractivity contribution in [2.45, 2.75) is 51.9 Å². The van der Waals surface area contributed by atoms with E-state index >= 15 is 0 Å². The van der Waals surface area contributed by atoms with Gasteiger partial charge in [-0.2, -0.15) is 0 Å². The van der Waals surface area contributed by atoms with Crippen molar-refractivity contribution < 1.29 is 23.9 Å². The summed E-state index contributed by atoms with van der Waals surface area (Å²) in [5.41, 5.74) is -0.613. The molecule has 0 radical (unpaired) electrons. The number of esters is 2. The molecular formula is C22H30O5. The summed E-state index contributed by atoms with van der Waals surface area (Å²) in [5, 5.41) is 0. The standard InChI is InChI=1S/C22H30O5/c1-13-10-22-11-14(13)6-7-15(22)21(12-23)9-5-8-20(2,19(25)27-4)17(21)16(22)18(24)26-3/h12,14-17H,1,5-11H2,2-4H3/t14-,15?,16?,17?,20?,21-,22+/m1/s1. The Labute approximate surface area is 160 Å². The van der Waals surface area contributed by atoms with Crippen LogP contribution in [0.25, 0.3) is 0 Å². The van der Waals surface area contributed by atoms with Gasteiger partial charge in [-0.15, -0.1) is 0 Å². The topological polar surface area (TPSA) is 69.7 Å². The lowest BCUT2D eigenvalue weighted by Crippen LogP contribution is -2.52. The van der Waals surface area contributed by atoms with Crippen LogP contribution < -0.4 is 0 Å².